The lowest BCUT2D eigenvalue weighted by Crippen LogP contribution is -2.25. The van der Waals surface area contributed by atoms with E-state index in [0.717, 1.165) is 12.1 Å². The van der Waals surface area contributed by atoms with Crippen molar-refractivity contribution in [3.8, 4) is 5.75 Å². The zero-order valence-corrected chi connectivity index (χ0v) is 9.37. The SMILES string of the molecule is NC(N)=NCC(=O)Oc1c(F)cccc1C(F)(F)F. The van der Waals surface area contributed by atoms with Crippen molar-refractivity contribution in [2.75, 3.05) is 6.54 Å². The number of hydrogen-bond donors (Lipinski definition) is 2. The molecule has 0 amide bonds. The Morgan fingerprint density at radius 1 is 1.32 bits per heavy atom. The molecule has 0 aromatic heterocycles. The van der Waals surface area contributed by atoms with Crippen LogP contribution in [-0.2, 0) is 11.0 Å². The van der Waals surface area contributed by atoms with Crippen molar-refractivity contribution in [3.63, 3.8) is 0 Å². The molecule has 0 saturated carbocycles. The van der Waals surface area contributed by atoms with Crippen LogP contribution in [0.5, 0.6) is 5.75 Å². The van der Waals surface area contributed by atoms with Gasteiger partial charge in [0.2, 0.25) is 0 Å². The molecule has 0 atom stereocenters. The van der Waals surface area contributed by atoms with Crippen LogP contribution < -0.4 is 16.2 Å². The van der Waals surface area contributed by atoms with Crippen molar-refractivity contribution in [1.29, 1.82) is 0 Å². The summed E-state index contributed by atoms with van der Waals surface area (Å²) in [7, 11) is 0. The molecule has 0 unspecified atom stereocenters. The number of para-hydroxylation sites is 1. The summed E-state index contributed by atoms with van der Waals surface area (Å²) in [5.41, 5.74) is 8.46. The number of halogens is 4. The van der Waals surface area contributed by atoms with Gasteiger partial charge in [-0.15, -0.1) is 0 Å². The molecule has 0 aliphatic carbocycles. The number of hydrogen-bond acceptors (Lipinski definition) is 3. The number of esters is 1. The normalized spacial score (nSPS) is 10.9. The van der Waals surface area contributed by atoms with Crippen LogP contribution in [0, 0.1) is 5.82 Å². The molecule has 0 radical (unpaired) electrons. The van der Waals surface area contributed by atoms with Crippen LogP contribution in [0.25, 0.3) is 0 Å². The Labute approximate surface area is 104 Å². The second-order valence-electron chi connectivity index (χ2n) is 3.33. The highest BCUT2D eigenvalue weighted by atomic mass is 19.4. The summed E-state index contributed by atoms with van der Waals surface area (Å²) in [6.45, 7) is -0.714. The van der Waals surface area contributed by atoms with E-state index in [9.17, 15) is 22.4 Å². The minimum absolute atomic E-state index is 0.443. The highest BCUT2D eigenvalue weighted by Crippen LogP contribution is 2.37. The second-order valence-corrected chi connectivity index (χ2v) is 3.33. The monoisotopic (exact) mass is 279 g/mol. The molecule has 4 N–H and O–H groups in total. The second kappa shape index (κ2) is 5.55. The van der Waals surface area contributed by atoms with Gasteiger partial charge in [-0.2, -0.15) is 13.2 Å². The molecule has 0 aliphatic heterocycles. The van der Waals surface area contributed by atoms with Crippen LogP contribution >= 0.6 is 0 Å². The first kappa shape index (κ1) is 14.7. The number of nitrogens with zero attached hydrogens (tertiary/aromatic N) is 1. The van der Waals surface area contributed by atoms with Gasteiger partial charge in [-0.25, -0.2) is 14.2 Å². The predicted molar refractivity (Wildman–Crippen MR) is 57.7 cm³/mol. The van der Waals surface area contributed by atoms with E-state index in [1.54, 1.807) is 0 Å². The fraction of sp³-hybridized carbons (Fsp3) is 0.200. The first-order valence-electron chi connectivity index (χ1n) is 4.83. The van der Waals surface area contributed by atoms with Gasteiger partial charge >= 0.3 is 12.1 Å². The van der Waals surface area contributed by atoms with Crippen molar-refractivity contribution >= 4 is 11.9 Å². The van der Waals surface area contributed by atoms with Gasteiger partial charge in [0.15, 0.2) is 17.5 Å². The van der Waals surface area contributed by atoms with E-state index in [0.29, 0.717) is 6.07 Å². The standard InChI is InChI=1S/C10H9F4N3O2/c11-6-3-1-2-5(10(12,13)14)8(6)19-7(18)4-17-9(15)16/h1-3H,4H2,(H4,15,16,17). The number of rotatable bonds is 3. The highest BCUT2D eigenvalue weighted by Gasteiger charge is 2.36. The van der Waals surface area contributed by atoms with Gasteiger partial charge in [-0.3, -0.25) is 0 Å². The van der Waals surface area contributed by atoms with Crippen molar-refractivity contribution in [1.82, 2.24) is 0 Å². The smallest absolute Gasteiger partial charge is 0.420 e. The summed E-state index contributed by atoms with van der Waals surface area (Å²) in [5.74, 6) is -4.18. The Kier molecular flexibility index (Phi) is 4.30. The molecule has 1 aromatic rings. The fourth-order valence-corrected chi connectivity index (χ4v) is 1.14. The van der Waals surface area contributed by atoms with Gasteiger partial charge in [0.1, 0.15) is 12.1 Å². The maximum atomic E-state index is 13.3. The lowest BCUT2D eigenvalue weighted by Gasteiger charge is -2.12. The zero-order chi connectivity index (χ0) is 14.6. The topological polar surface area (TPSA) is 90.7 Å². The summed E-state index contributed by atoms with van der Waals surface area (Å²) >= 11 is 0. The Morgan fingerprint density at radius 3 is 2.47 bits per heavy atom. The molecular formula is C10H9F4N3O2. The van der Waals surface area contributed by atoms with E-state index in [1.165, 1.54) is 0 Å². The Bertz CT molecular complexity index is 510. The minimum Gasteiger partial charge on any atom is -0.421 e. The quantitative estimate of drug-likeness (QED) is 0.284. The Morgan fingerprint density at radius 2 is 1.95 bits per heavy atom. The van der Waals surface area contributed by atoms with Crippen LogP contribution in [0.2, 0.25) is 0 Å². The average molecular weight is 279 g/mol. The summed E-state index contributed by atoms with van der Waals surface area (Å²) in [6, 6.07) is 2.18. The zero-order valence-electron chi connectivity index (χ0n) is 9.37. The van der Waals surface area contributed by atoms with E-state index >= 15 is 0 Å². The number of carbonyl (C=O) groups excluding carboxylic acids is 1. The predicted octanol–water partition coefficient (Wildman–Crippen LogP) is 1.02. The number of nitrogens with two attached hydrogens (primary N) is 2. The summed E-state index contributed by atoms with van der Waals surface area (Å²) in [5, 5.41) is 0. The van der Waals surface area contributed by atoms with Gasteiger partial charge in [0.25, 0.3) is 0 Å². The minimum atomic E-state index is -4.85. The van der Waals surface area contributed by atoms with Crippen LogP contribution in [-0.4, -0.2) is 18.5 Å². The summed E-state index contributed by atoms with van der Waals surface area (Å²) in [4.78, 5) is 14.4. The first-order chi connectivity index (χ1) is 8.71. The lowest BCUT2D eigenvalue weighted by molar-refractivity contribution is -0.142. The number of benzene rings is 1. The van der Waals surface area contributed by atoms with E-state index in [1.807, 2.05) is 0 Å². The average Bonchev–Trinajstić information content (AvgIpc) is 2.27. The number of alkyl halides is 3. The number of ether oxygens (including phenoxy) is 1. The van der Waals surface area contributed by atoms with Crippen molar-refractivity contribution in [2.45, 2.75) is 6.18 Å². The van der Waals surface area contributed by atoms with Crippen molar-refractivity contribution in [3.05, 3.63) is 29.6 Å². The highest BCUT2D eigenvalue weighted by molar-refractivity contribution is 5.81. The third kappa shape index (κ3) is 4.12. The lowest BCUT2D eigenvalue weighted by atomic mass is 10.2. The maximum absolute atomic E-state index is 13.3. The Balaban J connectivity index is 3.01. The molecule has 0 spiro atoms. The van der Waals surface area contributed by atoms with Crippen LogP contribution in [0.1, 0.15) is 5.56 Å². The Hall–Kier alpha value is -2.32. The van der Waals surface area contributed by atoms with Crippen LogP contribution in [0.15, 0.2) is 23.2 Å². The van der Waals surface area contributed by atoms with Gasteiger partial charge in [0, 0.05) is 0 Å². The number of aliphatic imine (C=N–C) groups is 1. The molecule has 5 nitrogen and oxygen atoms in total. The van der Waals surface area contributed by atoms with E-state index < -0.39 is 41.8 Å². The van der Waals surface area contributed by atoms with Crippen molar-refractivity contribution < 1.29 is 27.1 Å². The van der Waals surface area contributed by atoms with Gasteiger partial charge in [0.05, 0.1) is 0 Å². The third-order valence-corrected chi connectivity index (χ3v) is 1.88. The summed E-state index contributed by atoms with van der Waals surface area (Å²) < 4.78 is 55.3. The fourth-order valence-electron chi connectivity index (χ4n) is 1.14. The molecule has 0 heterocycles. The van der Waals surface area contributed by atoms with E-state index in [4.69, 9.17) is 11.5 Å². The largest absolute Gasteiger partial charge is 0.421 e. The molecule has 0 bridgehead atoms. The van der Waals surface area contributed by atoms with E-state index in [2.05, 4.69) is 9.73 Å². The van der Waals surface area contributed by atoms with Crippen molar-refractivity contribution in [2.24, 2.45) is 16.5 Å². The van der Waals surface area contributed by atoms with Crippen LogP contribution in [0.3, 0.4) is 0 Å². The molecule has 0 saturated heterocycles. The molecular weight excluding hydrogens is 270 g/mol. The first-order valence-corrected chi connectivity index (χ1v) is 4.83. The third-order valence-electron chi connectivity index (χ3n) is 1.88. The maximum Gasteiger partial charge on any atom is 0.420 e. The van der Waals surface area contributed by atoms with Gasteiger partial charge in [-0.05, 0) is 12.1 Å². The van der Waals surface area contributed by atoms with Gasteiger partial charge < -0.3 is 16.2 Å². The molecule has 0 fully saturated rings. The molecule has 104 valence electrons. The summed E-state index contributed by atoms with van der Waals surface area (Å²) in [6.07, 6.45) is -4.85. The van der Waals surface area contributed by atoms with Gasteiger partial charge in [-0.1, -0.05) is 6.07 Å². The number of guanidine groups is 1. The molecule has 19 heavy (non-hydrogen) atoms. The molecule has 1 rings (SSSR count). The number of carbonyl (C=O) groups is 1. The van der Waals surface area contributed by atoms with E-state index in [-0.39, 0.29) is 0 Å². The molecule has 9 heteroatoms. The van der Waals surface area contributed by atoms with Crippen LogP contribution in [0.4, 0.5) is 17.6 Å². The molecule has 1 aromatic carbocycles. The molecule has 0 aliphatic rings.